The zero-order chi connectivity index (χ0) is 30.8. The Kier molecular flexibility index (Phi) is 9.68. The van der Waals surface area contributed by atoms with Gasteiger partial charge in [-0.3, -0.25) is 14.4 Å². The summed E-state index contributed by atoms with van der Waals surface area (Å²) in [4.78, 5) is 48.9. The van der Waals surface area contributed by atoms with Crippen LogP contribution in [0.5, 0.6) is 0 Å². The highest BCUT2D eigenvalue weighted by atomic mass is 16.5. The monoisotopic (exact) mass is 579 g/mol. The molecule has 0 aliphatic carbocycles. The van der Waals surface area contributed by atoms with Crippen LogP contribution in [-0.4, -0.2) is 87.1 Å². The summed E-state index contributed by atoms with van der Waals surface area (Å²) in [6.45, 7) is 19.0. The van der Waals surface area contributed by atoms with Crippen LogP contribution in [0.25, 0.3) is 0 Å². The van der Waals surface area contributed by atoms with Crippen LogP contribution >= 0.6 is 0 Å². The molecule has 3 unspecified atom stereocenters. The van der Waals surface area contributed by atoms with Gasteiger partial charge in [-0.15, -0.1) is 13.2 Å². The van der Waals surface area contributed by atoms with E-state index < -0.39 is 35.1 Å². The molecule has 1 N–H and O–H groups in total. The second kappa shape index (κ2) is 12.7. The van der Waals surface area contributed by atoms with Gasteiger partial charge in [0.05, 0.1) is 30.1 Å². The third-order valence-corrected chi connectivity index (χ3v) is 10.1. The summed E-state index contributed by atoms with van der Waals surface area (Å²) in [5, 5.41) is 10.7. The van der Waals surface area contributed by atoms with E-state index in [0.717, 1.165) is 18.4 Å². The first kappa shape index (κ1) is 32.0. The highest BCUT2D eigenvalue weighted by Crippen LogP contribution is 2.66. The molecule has 1 aromatic rings. The van der Waals surface area contributed by atoms with Crippen molar-refractivity contribution in [3.8, 4) is 0 Å². The average molecular weight is 580 g/mol. The number of rotatable bonds is 14. The summed E-state index contributed by atoms with van der Waals surface area (Å²) >= 11 is 0. The smallest absolute Gasteiger partial charge is 0.249 e. The van der Waals surface area contributed by atoms with Crippen LogP contribution in [0.3, 0.4) is 0 Å². The van der Waals surface area contributed by atoms with Gasteiger partial charge in [0, 0.05) is 26.2 Å². The minimum absolute atomic E-state index is 0.0592. The van der Waals surface area contributed by atoms with Crippen molar-refractivity contribution in [2.75, 3.05) is 26.2 Å². The van der Waals surface area contributed by atoms with Gasteiger partial charge >= 0.3 is 0 Å². The Bertz CT molecular complexity index is 1170. The first-order chi connectivity index (χ1) is 20.1. The molecular formula is C34H49N3O5. The van der Waals surface area contributed by atoms with Crippen LogP contribution in [0.15, 0.2) is 55.6 Å². The number of ether oxygens (including phenoxy) is 1. The van der Waals surface area contributed by atoms with Crippen molar-refractivity contribution in [3.05, 3.63) is 61.2 Å². The number of aliphatic hydroxyl groups excluding tert-OH is 1. The summed E-state index contributed by atoms with van der Waals surface area (Å²) in [5.74, 6) is -2.31. The number of benzene rings is 1. The fraction of sp³-hybridized carbons (Fsp3) is 0.618. The summed E-state index contributed by atoms with van der Waals surface area (Å²) < 4.78 is 6.95. The van der Waals surface area contributed by atoms with Gasteiger partial charge in [0.1, 0.15) is 11.6 Å². The van der Waals surface area contributed by atoms with Gasteiger partial charge in [-0.2, -0.15) is 0 Å². The van der Waals surface area contributed by atoms with Gasteiger partial charge in [-0.25, -0.2) is 0 Å². The molecule has 1 aromatic carbocycles. The van der Waals surface area contributed by atoms with E-state index in [0.29, 0.717) is 32.6 Å². The number of likely N-dealkylation sites (tertiary alicyclic amines) is 1. The number of amides is 3. The zero-order valence-corrected chi connectivity index (χ0v) is 26.0. The lowest BCUT2D eigenvalue weighted by atomic mass is 9.62. The van der Waals surface area contributed by atoms with Gasteiger partial charge in [0.15, 0.2) is 0 Å². The molecule has 42 heavy (non-hydrogen) atoms. The number of aliphatic hydroxyl groups is 1. The Morgan fingerprint density at radius 3 is 2.36 bits per heavy atom. The molecule has 3 aliphatic rings. The second-order valence-electron chi connectivity index (χ2n) is 12.7. The molecule has 8 nitrogen and oxygen atoms in total. The number of hydrogen-bond donors (Lipinski definition) is 1. The van der Waals surface area contributed by atoms with Crippen molar-refractivity contribution in [1.82, 2.24) is 14.7 Å². The van der Waals surface area contributed by atoms with Gasteiger partial charge < -0.3 is 24.5 Å². The third-order valence-electron chi connectivity index (χ3n) is 10.1. The van der Waals surface area contributed by atoms with Gasteiger partial charge in [0.25, 0.3) is 0 Å². The Morgan fingerprint density at radius 1 is 1.14 bits per heavy atom. The fourth-order valence-electron chi connectivity index (χ4n) is 7.78. The fourth-order valence-corrected chi connectivity index (χ4v) is 7.78. The minimum atomic E-state index is -1.17. The lowest BCUT2D eigenvalue weighted by molar-refractivity contribution is -0.159. The average Bonchev–Trinajstić information content (AvgIpc) is 3.49. The summed E-state index contributed by atoms with van der Waals surface area (Å²) in [7, 11) is 0. The third kappa shape index (κ3) is 5.11. The highest BCUT2D eigenvalue weighted by Gasteiger charge is 2.80. The van der Waals surface area contributed by atoms with Gasteiger partial charge in [-0.05, 0) is 37.2 Å². The molecule has 4 rings (SSSR count). The minimum Gasteiger partial charge on any atom is -0.394 e. The number of carbonyl (C=O) groups excluding carboxylic acids is 3. The standard InChI is InChI=1S/C34H49N3O5/c1-8-17-35(18-9-2)30(39)27-28-31(40)37(26(22-38)23(5)11-4)29(34(28)20-24(6)33(27,7)42-34)32(41)36(19-10-3)21-25-15-13-12-14-16-25/h8,10,12-16,23-24,26-29,38H,1,3,9,11,17-22H2,2,4-7H3/t23-,24?,26-,27-,28-,29?,33+,34?/m0/s1. The van der Waals surface area contributed by atoms with Crippen molar-refractivity contribution in [1.29, 1.82) is 0 Å². The van der Waals surface area contributed by atoms with Crippen molar-refractivity contribution in [2.45, 2.75) is 83.7 Å². The molecule has 230 valence electrons. The van der Waals surface area contributed by atoms with Crippen LogP contribution in [0.4, 0.5) is 0 Å². The molecule has 3 aliphatic heterocycles. The van der Waals surface area contributed by atoms with E-state index in [2.05, 4.69) is 20.1 Å². The molecule has 3 heterocycles. The Hall–Kier alpha value is -2.97. The van der Waals surface area contributed by atoms with Crippen LogP contribution < -0.4 is 0 Å². The summed E-state index contributed by atoms with van der Waals surface area (Å²) in [6, 6.07) is 8.18. The SMILES string of the molecule is C=CCN(Cc1ccccc1)C(=O)C1N([C@@H](CO)[C@@H](C)CC)C(=O)[C@@H]2[C@@H](C(=O)N(CC=C)CCC)[C@]3(C)OC12CC3C. The lowest BCUT2D eigenvalue weighted by Crippen LogP contribution is -2.59. The Morgan fingerprint density at radius 2 is 1.79 bits per heavy atom. The Labute approximate surface area is 251 Å². The number of fused-ring (bicyclic) bond motifs is 1. The topological polar surface area (TPSA) is 90.4 Å². The van der Waals surface area contributed by atoms with E-state index in [1.165, 1.54) is 0 Å². The van der Waals surface area contributed by atoms with Gasteiger partial charge in [0.2, 0.25) is 17.7 Å². The lowest BCUT2D eigenvalue weighted by Gasteiger charge is -2.41. The molecule has 3 fully saturated rings. The van der Waals surface area contributed by atoms with Gasteiger partial charge in [-0.1, -0.05) is 76.6 Å². The number of carbonyl (C=O) groups is 3. The van der Waals surface area contributed by atoms with Crippen LogP contribution in [0, 0.1) is 23.7 Å². The zero-order valence-electron chi connectivity index (χ0n) is 26.0. The first-order valence-corrected chi connectivity index (χ1v) is 15.5. The van der Waals surface area contributed by atoms with Crippen molar-refractivity contribution < 1.29 is 24.2 Å². The van der Waals surface area contributed by atoms with Crippen LogP contribution in [-0.2, 0) is 25.7 Å². The molecule has 0 aromatic heterocycles. The second-order valence-corrected chi connectivity index (χ2v) is 12.7. The predicted molar refractivity (Wildman–Crippen MR) is 163 cm³/mol. The van der Waals surface area contributed by atoms with E-state index in [-0.39, 0.29) is 36.2 Å². The molecule has 8 heteroatoms. The molecule has 0 radical (unpaired) electrons. The largest absolute Gasteiger partial charge is 0.394 e. The molecule has 1 spiro atoms. The molecule has 3 saturated heterocycles. The summed E-state index contributed by atoms with van der Waals surface area (Å²) in [5.41, 5.74) is -1.11. The molecule has 0 saturated carbocycles. The summed E-state index contributed by atoms with van der Waals surface area (Å²) in [6.07, 6.45) is 5.37. The van der Waals surface area contributed by atoms with E-state index >= 15 is 0 Å². The maximum atomic E-state index is 14.8. The van der Waals surface area contributed by atoms with Crippen molar-refractivity contribution in [3.63, 3.8) is 0 Å². The number of hydrogen-bond acceptors (Lipinski definition) is 5. The highest BCUT2D eigenvalue weighted by molar-refractivity contribution is 5.99. The maximum absolute atomic E-state index is 14.8. The normalized spacial score (nSPS) is 31.0. The molecule has 3 amide bonds. The van der Waals surface area contributed by atoms with Crippen LogP contribution in [0.2, 0.25) is 0 Å². The Balaban J connectivity index is 1.86. The van der Waals surface area contributed by atoms with Crippen LogP contribution in [0.1, 0.15) is 59.4 Å². The molecular weight excluding hydrogens is 530 g/mol. The first-order valence-electron chi connectivity index (χ1n) is 15.5. The van der Waals surface area contributed by atoms with E-state index in [1.54, 1.807) is 26.9 Å². The number of nitrogens with zero attached hydrogens (tertiary/aromatic N) is 3. The maximum Gasteiger partial charge on any atom is 0.249 e. The molecule has 8 atom stereocenters. The van der Waals surface area contributed by atoms with E-state index in [4.69, 9.17) is 4.74 Å². The molecule has 2 bridgehead atoms. The van der Waals surface area contributed by atoms with Crippen molar-refractivity contribution in [2.24, 2.45) is 23.7 Å². The quantitative estimate of drug-likeness (QED) is 0.336. The van der Waals surface area contributed by atoms with E-state index in [1.807, 2.05) is 58.0 Å². The predicted octanol–water partition coefficient (Wildman–Crippen LogP) is 4.04. The van der Waals surface area contributed by atoms with Crippen molar-refractivity contribution >= 4 is 17.7 Å². The van der Waals surface area contributed by atoms with E-state index in [9.17, 15) is 19.5 Å².